The first-order chi connectivity index (χ1) is 61.8. The van der Waals surface area contributed by atoms with Gasteiger partial charge in [-0.25, -0.2) is 8.42 Å². The fourth-order valence-electron chi connectivity index (χ4n) is 26.6. The highest BCUT2D eigenvalue weighted by molar-refractivity contribution is 8.03. The molecule has 0 amide bonds. The zero-order chi connectivity index (χ0) is 95.8. The summed E-state index contributed by atoms with van der Waals surface area (Å²) < 4.78 is 55.6. The van der Waals surface area contributed by atoms with Gasteiger partial charge in [-0.3, -0.25) is 8.42 Å². The van der Waals surface area contributed by atoms with E-state index in [0.717, 1.165) is 37.6 Å². The van der Waals surface area contributed by atoms with Gasteiger partial charge >= 0.3 is 0 Å². The second-order valence-corrected chi connectivity index (χ2v) is 47.5. The van der Waals surface area contributed by atoms with Crippen LogP contribution in [-0.2, 0) is 45.1 Å². The molecule has 0 radical (unpaired) electrons. The van der Waals surface area contributed by atoms with Crippen molar-refractivity contribution >= 4 is 77.1 Å². The van der Waals surface area contributed by atoms with Crippen molar-refractivity contribution in [3.05, 3.63) is 355 Å². The third kappa shape index (κ3) is 11.5. The Morgan fingerprint density at radius 3 is 0.759 bits per heavy atom. The second kappa shape index (κ2) is 30.0. The zero-order valence-electron chi connectivity index (χ0n) is 85.2. The molecule has 3 spiro atoms. The Morgan fingerprint density at radius 1 is 0.203 bits per heavy atom. The summed E-state index contributed by atoms with van der Waals surface area (Å²) in [5.74, 6) is 8.37. The molecule has 12 aromatic carbocycles. The highest BCUT2D eigenvalue weighted by Crippen LogP contribution is 2.68. The number of hydrogen-bond acceptors (Lipinski definition) is 4. The van der Waals surface area contributed by atoms with Crippen LogP contribution in [0.3, 0.4) is 0 Å². The van der Waals surface area contributed by atoms with Crippen molar-refractivity contribution in [2.24, 2.45) is 0 Å². The first-order valence-electron chi connectivity index (χ1n) is 47.4. The van der Waals surface area contributed by atoms with Gasteiger partial charge in [0.25, 0.3) is 0 Å². The lowest BCUT2D eigenvalue weighted by molar-refractivity contribution is 0.602. The van der Waals surface area contributed by atoms with E-state index in [9.17, 15) is 16.8 Å². The molecule has 3 heterocycles. The number of benzene rings is 12. The first kappa shape index (κ1) is 92.5. The first-order valence-corrected chi connectivity index (χ1v) is 52.5. The quantitative estimate of drug-likeness (QED) is 0.142. The van der Waals surface area contributed by atoms with Crippen LogP contribution >= 0.6 is 0 Å². The van der Waals surface area contributed by atoms with Gasteiger partial charge in [-0.1, -0.05) is 62.1 Å². The maximum Gasteiger partial charge on any atom is 0.200 e. The molecule has 3 aliphatic heterocycles. The maximum atomic E-state index is 14.0. The van der Waals surface area contributed by atoms with E-state index in [1.165, 1.54) is 328 Å². The minimum atomic E-state index is -3.62. The van der Waals surface area contributed by atoms with Gasteiger partial charge in [0, 0.05) is 34.2 Å². The fraction of sp³-hybridized carbons (Fsp3) is 0.317. The predicted octanol–water partition coefficient (Wildman–Crippen LogP) is 31.7. The van der Waals surface area contributed by atoms with Gasteiger partial charge in [0.1, 0.15) is 0 Å². The lowest BCUT2D eigenvalue weighted by Gasteiger charge is -2.39. The van der Waals surface area contributed by atoms with Crippen molar-refractivity contribution in [2.45, 2.75) is 288 Å². The zero-order valence-corrected chi connectivity index (χ0v) is 87.6. The molecular weight excluding hydrogens is 1670 g/mol. The Bertz CT molecular complexity index is 7890. The lowest BCUT2D eigenvalue weighted by Crippen LogP contribution is -2.31. The van der Waals surface area contributed by atoms with Crippen LogP contribution in [0.2, 0.25) is 0 Å². The van der Waals surface area contributed by atoms with Gasteiger partial charge in [-0.2, -0.15) is 0 Å². The van der Waals surface area contributed by atoms with Gasteiger partial charge < -0.3 is 0 Å². The molecule has 2 atom stereocenters. The summed E-state index contributed by atoms with van der Waals surface area (Å²) in [5.41, 5.74) is 80.2. The van der Waals surface area contributed by atoms with Crippen LogP contribution in [0.5, 0.6) is 0 Å². The minimum absolute atomic E-state index is 0. The molecule has 0 bridgehead atoms. The number of rotatable bonds is 0. The fourth-order valence-corrected chi connectivity index (χ4v) is 30.8. The predicted molar refractivity (Wildman–Crippen MR) is 577 cm³/mol. The van der Waals surface area contributed by atoms with Crippen molar-refractivity contribution in [1.29, 1.82) is 0 Å². The Morgan fingerprint density at radius 2 is 0.436 bits per heavy atom. The summed E-state index contributed by atoms with van der Waals surface area (Å²) in [6, 6.07) is 12.8. The summed E-state index contributed by atoms with van der Waals surface area (Å²) in [6.07, 6.45) is 20.1. The van der Waals surface area contributed by atoms with E-state index in [4.69, 9.17) is 0 Å². The van der Waals surface area contributed by atoms with Crippen LogP contribution < -0.4 is 0 Å². The van der Waals surface area contributed by atoms with Crippen molar-refractivity contribution in [1.82, 2.24) is 0 Å². The smallest absolute Gasteiger partial charge is 0.200 e. The maximum absolute atomic E-state index is 14.0. The van der Waals surface area contributed by atoms with Crippen molar-refractivity contribution in [3.8, 4) is 66.8 Å². The molecule has 0 saturated carbocycles. The molecule has 9 aliphatic rings. The molecule has 21 rings (SSSR count). The Balaban J connectivity index is 0.000000133. The van der Waals surface area contributed by atoms with Crippen molar-refractivity contribution < 1.29 is 16.8 Å². The minimum Gasteiger partial charge on any atom is -0.259 e. The standard InChI is InChI=1S/2C42H44OS.C41H42O2S.CH4/c1-20-21(2)27(8)37-36(26(20)7)38-28(9)22(3)24(5)30(11)40(38)42(41-31(12)25(6)23(4)29(10)39(37)41)16-14-32-18-33-15-17-44(13,43)35(33)19-34(32)42;1-20-21(2)27(8)36-35(26(20)7)37-28(9)22(3)24(5)30(11)39(37)42(40-31(12)25(6)23(4)29(10)38(36)40)18-16-32-14-15-34-33(41(32)42)17-19-44(34,13)43;1-19-20(2)26(8)34-33(25(19)7)35-27(9)21(3)23(5)29(11)37(35)41(38-30(12)24(6)22(4)28(10)36(34)38)17-15-31-13-14-32-16-18-44(42,43)40(32)39(31)41;/h2*14-19H,13H2,1-12H3;13-18H,1-12H3;1H4. The Labute approximate surface area is 796 Å². The van der Waals surface area contributed by atoms with Gasteiger partial charge in [-0.05, 0) is 659 Å². The largest absolute Gasteiger partial charge is 0.259 e. The number of allylic oxidation sites excluding steroid dienone is 3. The molecule has 6 aliphatic carbocycles. The van der Waals surface area contributed by atoms with Crippen LogP contribution in [0.1, 0.15) is 291 Å². The third-order valence-electron chi connectivity index (χ3n) is 36.8. The average Bonchev–Trinajstić information content (AvgIpc) is 1.59. The topological polar surface area (TPSA) is 68.3 Å². The highest BCUT2D eigenvalue weighted by atomic mass is 32.2. The number of sulfone groups is 1. The van der Waals surface area contributed by atoms with E-state index in [1.54, 1.807) is 11.5 Å². The SMILES string of the molecule is C.C=S1(=O)C=Cc2c1ccc1c2C2(C=C1)c1c(C)c(C)c(C)c(C)c1-c1c(C)c(C)c(C)c(C)c1-c1c(C)c(C)c(C)c(C)c12.C=S1(=O)C=Cc2cc3c(cc21)C1(C=C3)c2c(C)c(C)c(C)c(C)c2-c2c(C)c(C)c(C)c(C)c2-c2c(C)c(C)c(C)c(C)c21.Cc1c(C)c(C)c2c(c1C)-c1c(C)c(C)c(C)c(C)c1C1(C=Cc3ccc4c(c31)S(=O)(=O)C=C4)c1c(C)c(C)c(C)c(C)c1-2. The van der Waals surface area contributed by atoms with E-state index < -0.39 is 45.1 Å². The molecule has 7 heteroatoms. The molecule has 0 saturated heterocycles. The summed E-state index contributed by atoms with van der Waals surface area (Å²) in [5, 5.41) is 5.04. The lowest BCUT2D eigenvalue weighted by atomic mass is 9.63. The Kier molecular flexibility index (Phi) is 20.9. The van der Waals surface area contributed by atoms with E-state index >= 15 is 0 Å². The van der Waals surface area contributed by atoms with E-state index in [-0.39, 0.29) is 7.43 Å². The van der Waals surface area contributed by atoms with E-state index in [2.05, 4.69) is 334 Å². The van der Waals surface area contributed by atoms with Crippen LogP contribution in [-0.4, -0.2) is 28.6 Å². The van der Waals surface area contributed by atoms with Crippen LogP contribution in [0.4, 0.5) is 0 Å². The number of fused-ring (bicyclic) bond motifs is 32. The third-order valence-corrected chi connectivity index (χ3v) is 41.7. The summed E-state index contributed by atoms with van der Waals surface area (Å²) in [6.45, 7) is 82.8. The number of hydrogen-bond donors (Lipinski definition) is 0. The molecule has 133 heavy (non-hydrogen) atoms. The molecule has 0 aromatic heterocycles. The molecular formula is C126H134O4S3. The van der Waals surface area contributed by atoms with Crippen molar-refractivity contribution in [2.75, 3.05) is 0 Å². The second-order valence-electron chi connectivity index (χ2n) is 41.4. The molecule has 0 N–H and O–H groups in total. The van der Waals surface area contributed by atoms with Crippen LogP contribution in [0, 0.1) is 249 Å². The van der Waals surface area contributed by atoms with Gasteiger partial charge in [0.05, 0.1) is 21.1 Å². The molecule has 680 valence electrons. The average molecular weight is 1810 g/mol. The van der Waals surface area contributed by atoms with Crippen LogP contribution in [0.25, 0.3) is 103 Å². The van der Waals surface area contributed by atoms with E-state index in [0.29, 0.717) is 4.90 Å². The molecule has 12 aromatic rings. The molecule has 2 unspecified atom stereocenters. The monoisotopic (exact) mass is 1810 g/mol. The molecule has 4 nitrogen and oxygen atoms in total. The summed E-state index contributed by atoms with van der Waals surface area (Å²) >= 11 is 0. The van der Waals surface area contributed by atoms with Crippen LogP contribution in [0.15, 0.2) is 85.5 Å². The van der Waals surface area contributed by atoms with Crippen molar-refractivity contribution in [3.63, 3.8) is 0 Å². The normalized spacial score (nSPS) is 17.4. The van der Waals surface area contributed by atoms with Gasteiger partial charge in [-0.15, -0.1) is 0 Å². The van der Waals surface area contributed by atoms with E-state index in [1.807, 2.05) is 17.6 Å². The highest BCUT2D eigenvalue weighted by Gasteiger charge is 2.55. The van der Waals surface area contributed by atoms with Gasteiger partial charge in [0.15, 0.2) is 0 Å². The summed E-state index contributed by atoms with van der Waals surface area (Å²) in [7, 11) is -8.62. The summed E-state index contributed by atoms with van der Waals surface area (Å²) in [4.78, 5) is 2.19. The molecule has 0 fully saturated rings. The van der Waals surface area contributed by atoms with Gasteiger partial charge in [0.2, 0.25) is 9.84 Å². The Hall–Kier alpha value is -10.9.